The zero-order chi connectivity index (χ0) is 8.97. The maximum atomic E-state index is 10.4. The van der Waals surface area contributed by atoms with Gasteiger partial charge in [0, 0.05) is 13.1 Å². The Kier molecular flexibility index (Phi) is 3.49. The summed E-state index contributed by atoms with van der Waals surface area (Å²) in [5, 5.41) is 0. The van der Waals surface area contributed by atoms with Crippen molar-refractivity contribution in [3.63, 3.8) is 0 Å². The topological polar surface area (TPSA) is 55.6 Å². The monoisotopic (exact) mass is 172 g/mol. The molecule has 0 unspecified atom stereocenters. The van der Waals surface area contributed by atoms with Gasteiger partial charge in [-0.2, -0.15) is 0 Å². The molecule has 1 saturated heterocycles. The van der Waals surface area contributed by atoms with Gasteiger partial charge in [-0.05, 0) is 19.9 Å². The van der Waals surface area contributed by atoms with Gasteiger partial charge in [-0.1, -0.05) is 0 Å². The third-order valence-electron chi connectivity index (χ3n) is 2.13. The van der Waals surface area contributed by atoms with Crippen molar-refractivity contribution in [2.75, 3.05) is 26.7 Å². The van der Waals surface area contributed by atoms with Crippen LogP contribution in [0, 0.1) is 0 Å². The predicted octanol–water partition coefficient (Wildman–Crippen LogP) is -0.417. The molecule has 1 amide bonds. The summed E-state index contributed by atoms with van der Waals surface area (Å²) in [6.45, 7) is 2.15. The Hall–Kier alpha value is -0.610. The number of nitrogens with zero attached hydrogens (tertiary/aromatic N) is 1. The highest BCUT2D eigenvalue weighted by Crippen LogP contribution is 2.11. The maximum absolute atomic E-state index is 10.4. The van der Waals surface area contributed by atoms with E-state index in [9.17, 15) is 4.79 Å². The summed E-state index contributed by atoms with van der Waals surface area (Å²) in [6, 6.07) is 0. The Labute approximate surface area is 72.7 Å². The second-order valence-electron chi connectivity index (χ2n) is 3.28. The van der Waals surface area contributed by atoms with E-state index in [4.69, 9.17) is 10.5 Å². The van der Waals surface area contributed by atoms with E-state index in [1.807, 2.05) is 0 Å². The summed E-state index contributed by atoms with van der Waals surface area (Å²) in [6.07, 6.45) is 2.24. The molecule has 2 N–H and O–H groups in total. The highest BCUT2D eigenvalue weighted by atomic mass is 16.5. The fraction of sp³-hybridized carbons (Fsp3) is 0.875. The third kappa shape index (κ3) is 3.19. The molecular formula is C8H16N2O2. The third-order valence-corrected chi connectivity index (χ3v) is 2.13. The normalized spacial score (nSPS) is 21.1. The Morgan fingerprint density at radius 3 is 2.67 bits per heavy atom. The average Bonchev–Trinajstić information content (AvgIpc) is 2.03. The van der Waals surface area contributed by atoms with Gasteiger partial charge in [0.15, 0.2) is 0 Å². The lowest BCUT2D eigenvalue weighted by atomic mass is 10.1. The van der Waals surface area contributed by atoms with Crippen LogP contribution in [-0.4, -0.2) is 43.7 Å². The van der Waals surface area contributed by atoms with Gasteiger partial charge >= 0.3 is 0 Å². The summed E-state index contributed by atoms with van der Waals surface area (Å²) in [5.74, 6) is -0.381. The molecule has 70 valence electrons. The van der Waals surface area contributed by atoms with Gasteiger partial charge in [-0.15, -0.1) is 0 Å². The molecule has 1 aliphatic heterocycles. The Balaban J connectivity index is 2.13. The van der Waals surface area contributed by atoms with Crippen LogP contribution in [0.1, 0.15) is 12.8 Å². The van der Waals surface area contributed by atoms with Crippen molar-refractivity contribution in [1.82, 2.24) is 4.90 Å². The lowest BCUT2D eigenvalue weighted by Crippen LogP contribution is -2.35. The van der Waals surface area contributed by atoms with E-state index < -0.39 is 0 Å². The van der Waals surface area contributed by atoms with Crippen LogP contribution in [0.15, 0.2) is 0 Å². The predicted molar refractivity (Wildman–Crippen MR) is 45.7 cm³/mol. The molecule has 0 aromatic carbocycles. The van der Waals surface area contributed by atoms with Crippen LogP contribution >= 0.6 is 0 Å². The number of nitrogens with two attached hydrogens (primary N) is 1. The molecule has 0 spiro atoms. The molecule has 0 aromatic heterocycles. The zero-order valence-electron chi connectivity index (χ0n) is 7.45. The summed E-state index contributed by atoms with van der Waals surface area (Å²) in [7, 11) is 2.09. The summed E-state index contributed by atoms with van der Waals surface area (Å²) < 4.78 is 5.29. The number of primary amides is 1. The lowest BCUT2D eigenvalue weighted by Gasteiger charge is -2.28. The first-order chi connectivity index (χ1) is 5.68. The van der Waals surface area contributed by atoms with Gasteiger partial charge in [-0.3, -0.25) is 4.79 Å². The lowest BCUT2D eigenvalue weighted by molar-refractivity contribution is -0.125. The minimum Gasteiger partial charge on any atom is -0.368 e. The second kappa shape index (κ2) is 4.42. The van der Waals surface area contributed by atoms with Gasteiger partial charge in [0.05, 0.1) is 6.10 Å². The van der Waals surface area contributed by atoms with Crippen LogP contribution in [0.5, 0.6) is 0 Å². The summed E-state index contributed by atoms with van der Waals surface area (Å²) in [4.78, 5) is 12.6. The van der Waals surface area contributed by atoms with Crippen LogP contribution in [0.3, 0.4) is 0 Å². The van der Waals surface area contributed by atoms with E-state index in [2.05, 4.69) is 11.9 Å². The molecule has 1 rings (SSSR count). The minimum absolute atomic E-state index is 0.0639. The first kappa shape index (κ1) is 9.48. The van der Waals surface area contributed by atoms with Crippen LogP contribution in [-0.2, 0) is 9.53 Å². The maximum Gasteiger partial charge on any atom is 0.243 e. The van der Waals surface area contributed by atoms with Crippen LogP contribution in [0.25, 0.3) is 0 Å². The molecule has 4 heteroatoms. The number of rotatable bonds is 3. The molecule has 0 saturated carbocycles. The highest BCUT2D eigenvalue weighted by Gasteiger charge is 2.17. The fourth-order valence-corrected chi connectivity index (χ4v) is 1.35. The van der Waals surface area contributed by atoms with Crippen molar-refractivity contribution < 1.29 is 9.53 Å². The Bertz CT molecular complexity index is 153. The highest BCUT2D eigenvalue weighted by molar-refractivity contribution is 5.74. The van der Waals surface area contributed by atoms with Gasteiger partial charge in [0.2, 0.25) is 5.91 Å². The molecule has 0 aliphatic carbocycles. The number of hydrogen-bond donors (Lipinski definition) is 1. The van der Waals surface area contributed by atoms with Crippen LogP contribution < -0.4 is 5.73 Å². The zero-order valence-corrected chi connectivity index (χ0v) is 7.45. The van der Waals surface area contributed by atoms with Crippen LogP contribution in [0.4, 0.5) is 0 Å². The van der Waals surface area contributed by atoms with Crippen molar-refractivity contribution in [3.05, 3.63) is 0 Å². The molecule has 0 bridgehead atoms. The molecule has 0 atom stereocenters. The molecule has 0 aromatic rings. The van der Waals surface area contributed by atoms with Gasteiger partial charge in [-0.25, -0.2) is 0 Å². The summed E-state index contributed by atoms with van der Waals surface area (Å²) in [5.41, 5.74) is 4.96. The van der Waals surface area contributed by atoms with E-state index in [1.54, 1.807) is 0 Å². The molecule has 1 aliphatic rings. The number of ether oxygens (including phenoxy) is 1. The van der Waals surface area contributed by atoms with Crippen molar-refractivity contribution in [1.29, 1.82) is 0 Å². The molecule has 4 nitrogen and oxygen atoms in total. The van der Waals surface area contributed by atoms with Crippen LogP contribution in [0.2, 0.25) is 0 Å². The smallest absolute Gasteiger partial charge is 0.243 e. The average molecular weight is 172 g/mol. The molecular weight excluding hydrogens is 156 g/mol. The first-order valence-electron chi connectivity index (χ1n) is 4.27. The first-order valence-corrected chi connectivity index (χ1v) is 4.27. The van der Waals surface area contributed by atoms with Crippen molar-refractivity contribution in [2.24, 2.45) is 5.73 Å². The largest absolute Gasteiger partial charge is 0.368 e. The van der Waals surface area contributed by atoms with E-state index in [0.29, 0.717) is 0 Å². The number of amides is 1. The molecule has 1 heterocycles. The number of carbonyl (C=O) groups is 1. The fourth-order valence-electron chi connectivity index (χ4n) is 1.35. The number of piperidine rings is 1. The van der Waals surface area contributed by atoms with Crippen molar-refractivity contribution in [3.8, 4) is 0 Å². The number of carbonyl (C=O) groups excluding carboxylic acids is 1. The van der Waals surface area contributed by atoms with E-state index in [0.717, 1.165) is 25.9 Å². The second-order valence-corrected chi connectivity index (χ2v) is 3.28. The Morgan fingerprint density at radius 2 is 2.17 bits per heavy atom. The van der Waals surface area contributed by atoms with Gasteiger partial charge < -0.3 is 15.4 Å². The number of likely N-dealkylation sites (tertiary alicyclic amines) is 1. The van der Waals surface area contributed by atoms with Gasteiger partial charge in [0.1, 0.15) is 6.61 Å². The van der Waals surface area contributed by atoms with Gasteiger partial charge in [0.25, 0.3) is 0 Å². The number of hydrogen-bond acceptors (Lipinski definition) is 3. The standard InChI is InChI=1S/C8H16N2O2/c1-10-4-2-7(3-5-10)12-6-8(9)11/h7H,2-6H2,1H3,(H2,9,11). The quantitative estimate of drug-likeness (QED) is 0.629. The van der Waals surface area contributed by atoms with E-state index >= 15 is 0 Å². The summed E-state index contributed by atoms with van der Waals surface area (Å²) >= 11 is 0. The molecule has 0 radical (unpaired) electrons. The van der Waals surface area contributed by atoms with Crippen molar-refractivity contribution >= 4 is 5.91 Å². The van der Waals surface area contributed by atoms with E-state index in [1.165, 1.54) is 0 Å². The van der Waals surface area contributed by atoms with Crippen molar-refractivity contribution in [2.45, 2.75) is 18.9 Å². The Morgan fingerprint density at radius 1 is 1.58 bits per heavy atom. The molecule has 1 fully saturated rings. The van der Waals surface area contributed by atoms with E-state index in [-0.39, 0.29) is 18.6 Å². The SMILES string of the molecule is CN1CCC(OCC(N)=O)CC1. The molecule has 12 heavy (non-hydrogen) atoms. The minimum atomic E-state index is -0.381.